The van der Waals surface area contributed by atoms with E-state index in [-0.39, 0.29) is 0 Å². The van der Waals surface area contributed by atoms with E-state index in [2.05, 4.69) is 9.58 Å². The largest absolute Gasteiger partial charge is 0.516 e. The zero-order valence-electron chi connectivity index (χ0n) is 3.51. The molecule has 0 aromatic carbocycles. The van der Waals surface area contributed by atoms with Crippen molar-refractivity contribution >= 4 is 0 Å². The molecule has 0 radical (unpaired) electrons. The van der Waals surface area contributed by atoms with Crippen LogP contribution in [0.1, 0.15) is 0 Å². The molecule has 0 spiro atoms. The SMILES string of the molecule is [C-]#[N+]/C=C/OC. The van der Waals surface area contributed by atoms with Gasteiger partial charge in [0, 0.05) is 0 Å². The van der Waals surface area contributed by atoms with Crippen LogP contribution in [0.5, 0.6) is 0 Å². The van der Waals surface area contributed by atoms with Crippen LogP contribution in [0, 0.1) is 6.57 Å². The molecule has 0 fully saturated rings. The van der Waals surface area contributed by atoms with E-state index in [0.29, 0.717) is 0 Å². The van der Waals surface area contributed by atoms with Gasteiger partial charge >= 0.3 is 0 Å². The van der Waals surface area contributed by atoms with Crippen LogP contribution in [0.2, 0.25) is 0 Å². The van der Waals surface area contributed by atoms with Crippen LogP contribution < -0.4 is 0 Å². The van der Waals surface area contributed by atoms with Gasteiger partial charge in [-0.2, -0.15) is 0 Å². The fraction of sp³-hybridized carbons (Fsp3) is 0.250. The molecule has 0 bridgehead atoms. The maximum absolute atomic E-state index is 6.16. The van der Waals surface area contributed by atoms with Crippen molar-refractivity contribution in [2.45, 2.75) is 0 Å². The highest BCUT2D eigenvalue weighted by atomic mass is 16.5. The van der Waals surface area contributed by atoms with Gasteiger partial charge in [-0.25, -0.2) is 4.85 Å². The molecular weight excluding hydrogens is 78.0 g/mol. The smallest absolute Gasteiger partial charge is 0.187 e. The molecule has 0 aromatic rings. The van der Waals surface area contributed by atoms with E-state index < -0.39 is 0 Å². The Morgan fingerprint density at radius 2 is 2.50 bits per heavy atom. The molecule has 0 unspecified atom stereocenters. The highest BCUT2D eigenvalue weighted by Gasteiger charge is 1.54. The van der Waals surface area contributed by atoms with E-state index in [1.54, 1.807) is 0 Å². The van der Waals surface area contributed by atoms with Crippen LogP contribution in [0.25, 0.3) is 4.85 Å². The third-order valence-electron chi connectivity index (χ3n) is 0.271. The molecule has 2 heteroatoms. The molecule has 6 heavy (non-hydrogen) atoms. The summed E-state index contributed by atoms with van der Waals surface area (Å²) >= 11 is 0. The average Bonchev–Trinajstić information content (AvgIpc) is 1.61. The van der Waals surface area contributed by atoms with Gasteiger partial charge < -0.3 is 4.74 Å². The summed E-state index contributed by atoms with van der Waals surface area (Å²) in [7, 11) is 1.50. The Morgan fingerprint density at radius 1 is 1.83 bits per heavy atom. The van der Waals surface area contributed by atoms with Gasteiger partial charge in [-0.1, -0.05) is 0 Å². The van der Waals surface area contributed by atoms with Crippen LogP contribution in [0.4, 0.5) is 0 Å². The summed E-state index contributed by atoms with van der Waals surface area (Å²) in [6, 6.07) is 0. The Hall–Kier alpha value is -0.970. The molecule has 0 aliphatic heterocycles. The van der Waals surface area contributed by atoms with Crippen LogP contribution in [-0.2, 0) is 4.74 Å². The van der Waals surface area contributed by atoms with E-state index in [1.807, 2.05) is 0 Å². The molecule has 32 valence electrons. The Balaban J connectivity index is 3.02. The zero-order valence-corrected chi connectivity index (χ0v) is 3.51. The molecule has 2 nitrogen and oxygen atoms in total. The number of hydrogen-bond donors (Lipinski definition) is 0. The second kappa shape index (κ2) is 4.03. The van der Waals surface area contributed by atoms with Crippen molar-refractivity contribution in [3.05, 3.63) is 23.9 Å². The maximum Gasteiger partial charge on any atom is 0.187 e. The first-order valence-corrected chi connectivity index (χ1v) is 1.46. The summed E-state index contributed by atoms with van der Waals surface area (Å²) in [5.74, 6) is 0. The van der Waals surface area contributed by atoms with Gasteiger partial charge in [0.25, 0.3) is 0 Å². The normalized spacial score (nSPS) is 8.00. The summed E-state index contributed by atoms with van der Waals surface area (Å²) in [5.41, 5.74) is 0. The van der Waals surface area contributed by atoms with E-state index in [1.165, 1.54) is 19.6 Å². The molecule has 0 N–H and O–H groups in total. The second-order valence-corrected chi connectivity index (χ2v) is 0.650. The standard InChI is InChI=1S/C4H5NO/c1-5-3-4-6-2/h3-4H,2H3/b4-3+. The first kappa shape index (κ1) is 5.03. The molecule has 0 amide bonds. The van der Waals surface area contributed by atoms with Gasteiger partial charge in [0.1, 0.15) is 0 Å². The van der Waals surface area contributed by atoms with Crippen molar-refractivity contribution in [2.24, 2.45) is 0 Å². The molecule has 0 heterocycles. The van der Waals surface area contributed by atoms with Gasteiger partial charge in [0.15, 0.2) is 6.20 Å². The van der Waals surface area contributed by atoms with Crippen molar-refractivity contribution in [2.75, 3.05) is 7.11 Å². The lowest BCUT2D eigenvalue weighted by molar-refractivity contribution is 0.338. The van der Waals surface area contributed by atoms with E-state index in [4.69, 9.17) is 6.57 Å². The van der Waals surface area contributed by atoms with Gasteiger partial charge in [-0.05, 0) is 0 Å². The number of ether oxygens (including phenoxy) is 1. The molecule has 0 aromatic heterocycles. The van der Waals surface area contributed by atoms with Gasteiger partial charge in [0.05, 0.1) is 19.9 Å². The summed E-state index contributed by atoms with van der Waals surface area (Å²) in [6.07, 6.45) is 2.58. The average molecular weight is 83.1 g/mol. The molecular formula is C4H5NO. The minimum Gasteiger partial charge on any atom is -0.516 e. The highest BCUT2D eigenvalue weighted by molar-refractivity contribution is 4.82. The summed E-state index contributed by atoms with van der Waals surface area (Å²) in [5, 5.41) is 0. The van der Waals surface area contributed by atoms with Crippen molar-refractivity contribution in [3.63, 3.8) is 0 Å². The van der Waals surface area contributed by atoms with Crippen molar-refractivity contribution < 1.29 is 4.74 Å². The van der Waals surface area contributed by atoms with Gasteiger partial charge in [-0.15, -0.1) is 0 Å². The number of rotatable bonds is 1. The van der Waals surface area contributed by atoms with Crippen LogP contribution in [-0.4, -0.2) is 7.11 Å². The lowest BCUT2D eigenvalue weighted by Crippen LogP contribution is -1.57. The van der Waals surface area contributed by atoms with Gasteiger partial charge in [-0.3, -0.25) is 0 Å². The number of nitrogens with zero attached hydrogens (tertiary/aromatic N) is 1. The third-order valence-corrected chi connectivity index (χ3v) is 0.271. The lowest BCUT2D eigenvalue weighted by Gasteiger charge is -1.76. The lowest BCUT2D eigenvalue weighted by atomic mass is 11.0. The molecule has 0 aliphatic rings. The minimum absolute atomic E-state index is 1.25. The second-order valence-electron chi connectivity index (χ2n) is 0.650. The van der Waals surface area contributed by atoms with Crippen molar-refractivity contribution in [1.29, 1.82) is 0 Å². The predicted octanol–water partition coefficient (Wildman–Crippen LogP) is 1.02. The Morgan fingerprint density at radius 3 is 2.67 bits per heavy atom. The maximum atomic E-state index is 6.16. The van der Waals surface area contributed by atoms with Crippen molar-refractivity contribution in [1.82, 2.24) is 0 Å². The fourth-order valence-corrected chi connectivity index (χ4v) is 0.0913. The minimum atomic E-state index is 1.25. The van der Waals surface area contributed by atoms with Gasteiger partial charge in [0.2, 0.25) is 0 Å². The third kappa shape index (κ3) is 3.03. The molecule has 0 atom stereocenters. The Bertz CT molecular complexity index is 80.0. The Labute approximate surface area is 36.9 Å². The summed E-state index contributed by atoms with van der Waals surface area (Å²) in [6.45, 7) is 6.16. The van der Waals surface area contributed by atoms with Crippen LogP contribution >= 0.6 is 0 Å². The Kier molecular flexibility index (Phi) is 3.38. The zero-order chi connectivity index (χ0) is 4.83. The molecule has 0 saturated carbocycles. The summed E-state index contributed by atoms with van der Waals surface area (Å²) < 4.78 is 4.39. The predicted molar refractivity (Wildman–Crippen MR) is 22.8 cm³/mol. The first-order valence-electron chi connectivity index (χ1n) is 1.46. The van der Waals surface area contributed by atoms with Crippen LogP contribution in [0.3, 0.4) is 0 Å². The number of methoxy groups -OCH3 is 1. The van der Waals surface area contributed by atoms with E-state index in [0.717, 1.165) is 0 Å². The first-order chi connectivity index (χ1) is 2.91. The fourth-order valence-electron chi connectivity index (χ4n) is 0.0913. The van der Waals surface area contributed by atoms with Crippen molar-refractivity contribution in [3.8, 4) is 0 Å². The molecule has 0 rings (SSSR count). The van der Waals surface area contributed by atoms with E-state index in [9.17, 15) is 0 Å². The quantitative estimate of drug-likeness (QED) is 0.341. The monoisotopic (exact) mass is 83.0 g/mol. The van der Waals surface area contributed by atoms with E-state index >= 15 is 0 Å². The van der Waals surface area contributed by atoms with Crippen LogP contribution in [0.15, 0.2) is 12.5 Å². The topological polar surface area (TPSA) is 13.6 Å². The molecule has 0 aliphatic carbocycles. The highest BCUT2D eigenvalue weighted by Crippen LogP contribution is 1.69. The number of hydrogen-bond acceptors (Lipinski definition) is 1. The summed E-state index contributed by atoms with van der Waals surface area (Å²) in [4.78, 5) is 2.87. The molecule has 0 saturated heterocycles.